The van der Waals surface area contributed by atoms with Gasteiger partial charge in [-0.2, -0.15) is 4.31 Å². The van der Waals surface area contributed by atoms with Crippen LogP contribution in [-0.2, 0) is 10.0 Å². The van der Waals surface area contributed by atoms with E-state index < -0.39 is 10.0 Å². The van der Waals surface area contributed by atoms with Gasteiger partial charge in [0, 0.05) is 77.7 Å². The van der Waals surface area contributed by atoms with Crippen LogP contribution in [0, 0.1) is 0 Å². The highest BCUT2D eigenvalue weighted by molar-refractivity contribution is 7.89. The number of hydrogen-bond acceptors (Lipinski definition) is 6. The zero-order valence-corrected chi connectivity index (χ0v) is 21.3. The van der Waals surface area contributed by atoms with Crippen LogP contribution in [0.5, 0.6) is 0 Å². The molecule has 2 saturated heterocycles. The van der Waals surface area contributed by atoms with Crippen molar-refractivity contribution in [3.8, 4) is 0 Å². The lowest BCUT2D eigenvalue weighted by Crippen LogP contribution is -2.47. The molecule has 2 fully saturated rings. The highest BCUT2D eigenvalue weighted by Gasteiger charge is 2.36. The Morgan fingerprint density at radius 3 is 2.66 bits per heavy atom. The first kappa shape index (κ1) is 22.9. The van der Waals surface area contributed by atoms with Crippen LogP contribution in [0.4, 0.5) is 5.69 Å². The molecule has 0 amide bonds. The molecule has 1 atom stereocenters. The second-order valence-corrected chi connectivity index (χ2v) is 12.3. The molecule has 0 saturated carbocycles. The smallest absolute Gasteiger partial charge is 0.245 e. The van der Waals surface area contributed by atoms with Crippen LogP contribution >= 0.6 is 11.3 Å². The lowest BCUT2D eigenvalue weighted by atomic mass is 10.1. The van der Waals surface area contributed by atoms with Gasteiger partial charge >= 0.3 is 0 Å². The van der Waals surface area contributed by atoms with Crippen molar-refractivity contribution in [2.45, 2.75) is 30.2 Å². The maximum absolute atomic E-state index is 13.7. The first-order valence-electron chi connectivity index (χ1n) is 12.4. The Hall–Kier alpha value is -2.52. The van der Waals surface area contributed by atoms with Crippen LogP contribution in [0.25, 0.3) is 20.9 Å². The van der Waals surface area contributed by atoms with Gasteiger partial charge in [0.2, 0.25) is 10.0 Å². The van der Waals surface area contributed by atoms with E-state index in [9.17, 15) is 8.42 Å². The number of hydrogen-bond donors (Lipinski definition) is 0. The number of nitrogens with zero attached hydrogens (tertiary/aromatic N) is 4. The molecule has 2 aliphatic heterocycles. The van der Waals surface area contributed by atoms with E-state index in [-0.39, 0.29) is 6.04 Å². The fraction of sp³-hybridized carbons (Fsp3) is 0.370. The summed E-state index contributed by atoms with van der Waals surface area (Å²) < 4.78 is 30.4. The SMILES string of the molecule is O=S(=O)(c1cncc2ccccc12)N1CCCC1CCN1CCN(c2cccc3sccc23)CC1. The van der Waals surface area contributed by atoms with E-state index in [0.717, 1.165) is 62.8 Å². The fourth-order valence-electron chi connectivity index (χ4n) is 5.63. The summed E-state index contributed by atoms with van der Waals surface area (Å²) in [4.78, 5) is 9.54. The molecule has 35 heavy (non-hydrogen) atoms. The third-order valence-electron chi connectivity index (χ3n) is 7.51. The van der Waals surface area contributed by atoms with Crippen LogP contribution in [0.1, 0.15) is 19.3 Å². The van der Waals surface area contributed by atoms with Gasteiger partial charge in [-0.3, -0.25) is 9.88 Å². The van der Waals surface area contributed by atoms with Crippen LogP contribution < -0.4 is 4.90 Å². The Labute approximate surface area is 210 Å². The van der Waals surface area contributed by atoms with E-state index in [2.05, 4.69) is 44.4 Å². The zero-order valence-electron chi connectivity index (χ0n) is 19.7. The minimum Gasteiger partial charge on any atom is -0.368 e. The molecule has 1 unspecified atom stereocenters. The van der Waals surface area contributed by atoms with Crippen molar-refractivity contribution in [3.05, 3.63) is 66.3 Å². The second-order valence-electron chi connectivity index (χ2n) is 9.50. The Morgan fingerprint density at radius 2 is 1.77 bits per heavy atom. The van der Waals surface area contributed by atoms with Crippen molar-refractivity contribution in [1.29, 1.82) is 0 Å². The van der Waals surface area contributed by atoms with Crippen molar-refractivity contribution in [2.75, 3.05) is 44.2 Å². The Bertz CT molecular complexity index is 1440. The maximum Gasteiger partial charge on any atom is 0.245 e. The van der Waals surface area contributed by atoms with Crippen molar-refractivity contribution in [3.63, 3.8) is 0 Å². The lowest BCUT2D eigenvalue weighted by Gasteiger charge is -2.37. The predicted octanol–water partition coefficient (Wildman–Crippen LogP) is 4.81. The topological polar surface area (TPSA) is 56.8 Å². The van der Waals surface area contributed by atoms with Gasteiger partial charge in [0.15, 0.2) is 0 Å². The van der Waals surface area contributed by atoms with Crippen LogP contribution in [0.3, 0.4) is 0 Å². The summed E-state index contributed by atoms with van der Waals surface area (Å²) in [7, 11) is -3.58. The largest absolute Gasteiger partial charge is 0.368 e. The number of anilines is 1. The number of aromatic nitrogens is 1. The van der Waals surface area contributed by atoms with E-state index in [1.165, 1.54) is 22.0 Å². The van der Waals surface area contributed by atoms with Crippen molar-refractivity contribution in [2.24, 2.45) is 0 Å². The van der Waals surface area contributed by atoms with E-state index in [4.69, 9.17) is 0 Å². The number of pyridine rings is 1. The third kappa shape index (κ3) is 4.33. The molecule has 2 aliphatic rings. The molecule has 0 aliphatic carbocycles. The van der Waals surface area contributed by atoms with Gasteiger partial charge in [0.25, 0.3) is 0 Å². The average Bonchev–Trinajstić information content (AvgIpc) is 3.57. The summed E-state index contributed by atoms with van der Waals surface area (Å²) in [5.41, 5.74) is 1.33. The quantitative estimate of drug-likeness (QED) is 0.376. The molecule has 4 heterocycles. The summed E-state index contributed by atoms with van der Waals surface area (Å²) in [6, 6.07) is 16.5. The summed E-state index contributed by atoms with van der Waals surface area (Å²) in [6.07, 6.45) is 5.96. The van der Waals surface area contributed by atoms with E-state index in [1.54, 1.807) is 21.8 Å². The monoisotopic (exact) mass is 506 g/mol. The summed E-state index contributed by atoms with van der Waals surface area (Å²) in [6.45, 7) is 5.54. The van der Waals surface area contributed by atoms with Gasteiger partial charge in [-0.25, -0.2) is 8.42 Å². The van der Waals surface area contributed by atoms with Crippen LogP contribution in [0.2, 0.25) is 0 Å². The van der Waals surface area contributed by atoms with Crippen LogP contribution in [-0.4, -0.2) is 67.9 Å². The first-order valence-corrected chi connectivity index (χ1v) is 14.7. The highest BCUT2D eigenvalue weighted by atomic mass is 32.2. The number of thiophene rings is 1. The fourth-order valence-corrected chi connectivity index (χ4v) is 8.32. The standard InChI is InChI=1S/C27H30N4O2S2/c32-35(33,27-20-28-19-21-5-1-2-7-23(21)27)31-12-4-6-22(31)10-13-29-14-16-30(17-15-29)25-8-3-9-26-24(25)11-18-34-26/h1-3,5,7-9,11,18-20,22H,4,6,10,12-17H2. The van der Waals surface area contributed by atoms with Gasteiger partial charge < -0.3 is 4.90 Å². The molecule has 6 nitrogen and oxygen atoms in total. The molecule has 6 rings (SSSR count). The minimum atomic E-state index is -3.58. The molecule has 0 radical (unpaired) electrons. The molecule has 2 aromatic carbocycles. The summed E-state index contributed by atoms with van der Waals surface area (Å²) >= 11 is 1.79. The van der Waals surface area contributed by atoms with Crippen molar-refractivity contribution < 1.29 is 8.42 Å². The number of fused-ring (bicyclic) bond motifs is 2. The predicted molar refractivity (Wildman–Crippen MR) is 144 cm³/mol. The number of rotatable bonds is 6. The van der Waals surface area contributed by atoms with Gasteiger partial charge in [-0.15, -0.1) is 11.3 Å². The lowest BCUT2D eigenvalue weighted by molar-refractivity contribution is 0.232. The Morgan fingerprint density at radius 1 is 0.914 bits per heavy atom. The van der Waals surface area contributed by atoms with Gasteiger partial charge in [0.05, 0.1) is 0 Å². The van der Waals surface area contributed by atoms with Crippen molar-refractivity contribution >= 4 is 47.9 Å². The Balaban J connectivity index is 1.11. The molecular formula is C27H30N4O2S2. The first-order chi connectivity index (χ1) is 17.1. The van der Waals surface area contributed by atoms with Crippen LogP contribution in [0.15, 0.2) is 71.2 Å². The van der Waals surface area contributed by atoms with E-state index >= 15 is 0 Å². The number of piperazine rings is 1. The van der Waals surface area contributed by atoms with E-state index in [0.29, 0.717) is 11.4 Å². The van der Waals surface area contributed by atoms with Gasteiger partial charge in [-0.05, 0) is 49.4 Å². The normalized spacial score (nSPS) is 20.2. The molecule has 0 N–H and O–H groups in total. The molecule has 8 heteroatoms. The zero-order chi connectivity index (χ0) is 23.8. The molecule has 4 aromatic rings. The van der Waals surface area contributed by atoms with Crippen molar-refractivity contribution in [1.82, 2.24) is 14.2 Å². The minimum absolute atomic E-state index is 0.0524. The highest BCUT2D eigenvalue weighted by Crippen LogP contribution is 2.33. The second kappa shape index (κ2) is 9.50. The van der Waals surface area contributed by atoms with Gasteiger partial charge in [-0.1, -0.05) is 30.3 Å². The molecule has 0 spiro atoms. The Kier molecular flexibility index (Phi) is 6.22. The summed E-state index contributed by atoms with van der Waals surface area (Å²) in [5, 5.41) is 5.13. The average molecular weight is 507 g/mol. The molecular weight excluding hydrogens is 476 g/mol. The third-order valence-corrected chi connectivity index (χ3v) is 10.4. The number of sulfonamides is 1. The van der Waals surface area contributed by atoms with Gasteiger partial charge in [0.1, 0.15) is 4.90 Å². The molecule has 2 aromatic heterocycles. The number of benzene rings is 2. The summed E-state index contributed by atoms with van der Waals surface area (Å²) in [5.74, 6) is 0. The molecule has 182 valence electrons. The molecule has 0 bridgehead atoms. The van der Waals surface area contributed by atoms with E-state index in [1.807, 2.05) is 24.3 Å². The maximum atomic E-state index is 13.7.